The summed E-state index contributed by atoms with van der Waals surface area (Å²) in [6.07, 6.45) is 7.96. The fourth-order valence-corrected chi connectivity index (χ4v) is 3.08. The maximum atomic E-state index is 12.5. The van der Waals surface area contributed by atoms with Crippen molar-refractivity contribution in [2.75, 3.05) is 17.2 Å². The van der Waals surface area contributed by atoms with Gasteiger partial charge in [-0.1, -0.05) is 38.7 Å². The molecule has 0 aliphatic heterocycles. The van der Waals surface area contributed by atoms with Crippen LogP contribution in [0, 0.1) is 5.92 Å². The lowest BCUT2D eigenvalue weighted by Crippen LogP contribution is -2.31. The molecule has 1 fully saturated rings. The number of carbonyl (C=O) groups excluding carboxylic acids is 1. The van der Waals surface area contributed by atoms with E-state index in [-0.39, 0.29) is 5.91 Å². The Morgan fingerprint density at radius 1 is 1.35 bits per heavy atom. The monoisotopic (exact) mass is 274 g/mol. The molecule has 110 valence electrons. The molecule has 0 radical (unpaired) electrons. The van der Waals surface area contributed by atoms with Crippen LogP contribution in [-0.4, -0.2) is 12.5 Å². The maximum absolute atomic E-state index is 12.5. The molecule has 1 amide bonds. The third-order valence-electron chi connectivity index (χ3n) is 4.17. The summed E-state index contributed by atoms with van der Waals surface area (Å²) in [5.74, 6) is 1.01. The number of amides is 1. The van der Waals surface area contributed by atoms with Crippen LogP contribution in [0.1, 0.15) is 51.9 Å². The number of nitrogens with two attached hydrogens (primary N) is 1. The Morgan fingerprint density at radius 3 is 2.75 bits per heavy atom. The zero-order valence-corrected chi connectivity index (χ0v) is 12.5. The van der Waals surface area contributed by atoms with Crippen molar-refractivity contribution in [3.05, 3.63) is 24.3 Å². The average Bonchev–Trinajstić information content (AvgIpc) is 2.95. The summed E-state index contributed by atoms with van der Waals surface area (Å²) in [7, 11) is 0. The molecule has 20 heavy (non-hydrogen) atoms. The van der Waals surface area contributed by atoms with Crippen LogP contribution in [0.2, 0.25) is 0 Å². The van der Waals surface area contributed by atoms with E-state index in [0.29, 0.717) is 12.1 Å². The van der Waals surface area contributed by atoms with Crippen LogP contribution in [0.5, 0.6) is 0 Å². The van der Waals surface area contributed by atoms with Gasteiger partial charge in [-0.2, -0.15) is 0 Å². The minimum absolute atomic E-state index is 0.240. The van der Waals surface area contributed by atoms with Gasteiger partial charge in [0.25, 0.3) is 0 Å². The molecule has 0 saturated heterocycles. The Morgan fingerprint density at radius 2 is 2.10 bits per heavy atom. The number of benzene rings is 1. The van der Waals surface area contributed by atoms with Crippen LogP contribution in [0.4, 0.5) is 11.4 Å². The Hall–Kier alpha value is -1.51. The summed E-state index contributed by atoms with van der Waals surface area (Å²) >= 11 is 0. The van der Waals surface area contributed by atoms with Crippen LogP contribution in [0.25, 0.3) is 0 Å². The number of nitrogen functional groups attached to an aromatic ring is 1. The van der Waals surface area contributed by atoms with E-state index in [2.05, 4.69) is 6.92 Å². The second kappa shape index (κ2) is 7.32. The van der Waals surface area contributed by atoms with Crippen molar-refractivity contribution in [2.45, 2.75) is 51.9 Å². The number of nitrogens with zero attached hydrogens (tertiary/aromatic N) is 1. The highest BCUT2D eigenvalue weighted by atomic mass is 16.2. The van der Waals surface area contributed by atoms with Gasteiger partial charge in [-0.15, -0.1) is 0 Å². The molecule has 1 saturated carbocycles. The summed E-state index contributed by atoms with van der Waals surface area (Å²) in [5.41, 5.74) is 7.48. The maximum Gasteiger partial charge on any atom is 0.226 e. The van der Waals surface area contributed by atoms with Crippen molar-refractivity contribution in [3.8, 4) is 0 Å². The largest absolute Gasteiger partial charge is 0.399 e. The van der Waals surface area contributed by atoms with Gasteiger partial charge in [-0.3, -0.25) is 4.79 Å². The number of hydrogen-bond acceptors (Lipinski definition) is 2. The van der Waals surface area contributed by atoms with Gasteiger partial charge in [-0.25, -0.2) is 0 Å². The van der Waals surface area contributed by atoms with Crippen LogP contribution in [-0.2, 0) is 4.79 Å². The van der Waals surface area contributed by atoms with Crippen molar-refractivity contribution >= 4 is 17.3 Å². The van der Waals surface area contributed by atoms with Gasteiger partial charge < -0.3 is 10.6 Å². The molecule has 0 unspecified atom stereocenters. The van der Waals surface area contributed by atoms with E-state index in [1.54, 1.807) is 0 Å². The van der Waals surface area contributed by atoms with Crippen molar-refractivity contribution in [1.82, 2.24) is 0 Å². The lowest BCUT2D eigenvalue weighted by molar-refractivity contribution is -0.118. The molecule has 2 rings (SSSR count). The van der Waals surface area contributed by atoms with Crippen molar-refractivity contribution in [3.63, 3.8) is 0 Å². The van der Waals surface area contributed by atoms with Gasteiger partial charge in [0.2, 0.25) is 5.91 Å². The second-order valence-electron chi connectivity index (χ2n) is 5.83. The Kier molecular flexibility index (Phi) is 5.45. The molecule has 0 spiro atoms. The molecule has 1 aliphatic carbocycles. The Labute approximate surface area is 122 Å². The first-order chi connectivity index (χ1) is 9.70. The fraction of sp³-hybridized carbons (Fsp3) is 0.588. The van der Waals surface area contributed by atoms with Gasteiger partial charge in [0.1, 0.15) is 0 Å². The molecule has 1 aliphatic rings. The first kappa shape index (κ1) is 14.9. The van der Waals surface area contributed by atoms with Gasteiger partial charge in [-0.05, 0) is 37.0 Å². The highest BCUT2D eigenvalue weighted by Gasteiger charge is 2.19. The summed E-state index contributed by atoms with van der Waals surface area (Å²) in [6, 6.07) is 7.64. The zero-order chi connectivity index (χ0) is 14.4. The normalized spacial score (nSPS) is 15.4. The molecule has 1 aromatic carbocycles. The van der Waals surface area contributed by atoms with E-state index in [1.807, 2.05) is 29.2 Å². The summed E-state index contributed by atoms with van der Waals surface area (Å²) in [5, 5.41) is 0. The van der Waals surface area contributed by atoms with Crippen LogP contribution in [0.3, 0.4) is 0 Å². The molecule has 3 heteroatoms. The van der Waals surface area contributed by atoms with Crippen LogP contribution in [0.15, 0.2) is 24.3 Å². The molecule has 1 aromatic rings. The lowest BCUT2D eigenvalue weighted by atomic mass is 10.0. The number of carbonyl (C=O) groups is 1. The highest BCUT2D eigenvalue weighted by Crippen LogP contribution is 2.29. The quantitative estimate of drug-likeness (QED) is 0.797. The van der Waals surface area contributed by atoms with E-state index >= 15 is 0 Å². The van der Waals surface area contributed by atoms with Gasteiger partial charge in [0.05, 0.1) is 0 Å². The first-order valence-electron chi connectivity index (χ1n) is 7.86. The van der Waals surface area contributed by atoms with E-state index in [0.717, 1.165) is 31.0 Å². The van der Waals surface area contributed by atoms with Crippen molar-refractivity contribution in [2.24, 2.45) is 5.92 Å². The van der Waals surface area contributed by atoms with Crippen molar-refractivity contribution in [1.29, 1.82) is 0 Å². The lowest BCUT2D eigenvalue weighted by Gasteiger charge is -2.23. The minimum Gasteiger partial charge on any atom is -0.399 e. The molecular weight excluding hydrogens is 248 g/mol. The standard InChI is InChI=1S/C17H26N2O/c1-2-12-19(16-9-5-8-15(18)13-16)17(20)11-10-14-6-3-4-7-14/h5,8-9,13-14H,2-4,6-7,10-12,18H2,1H3. The van der Waals surface area contributed by atoms with E-state index in [1.165, 1.54) is 25.7 Å². The molecule has 3 nitrogen and oxygen atoms in total. The van der Waals surface area contributed by atoms with Gasteiger partial charge >= 0.3 is 0 Å². The van der Waals surface area contributed by atoms with Crippen LogP contribution >= 0.6 is 0 Å². The first-order valence-corrected chi connectivity index (χ1v) is 7.86. The molecule has 0 aromatic heterocycles. The number of hydrogen-bond donors (Lipinski definition) is 1. The predicted octanol–water partition coefficient (Wildman–Crippen LogP) is 3.98. The highest BCUT2D eigenvalue weighted by molar-refractivity contribution is 5.93. The fourth-order valence-electron chi connectivity index (χ4n) is 3.08. The SMILES string of the molecule is CCCN(C(=O)CCC1CCCC1)c1cccc(N)c1. The molecular formula is C17H26N2O. The predicted molar refractivity (Wildman–Crippen MR) is 84.7 cm³/mol. The molecule has 0 atom stereocenters. The number of rotatable bonds is 6. The third kappa shape index (κ3) is 3.99. The third-order valence-corrected chi connectivity index (χ3v) is 4.17. The van der Waals surface area contributed by atoms with Gasteiger partial charge in [0.15, 0.2) is 0 Å². The molecule has 0 bridgehead atoms. The molecule has 0 heterocycles. The summed E-state index contributed by atoms with van der Waals surface area (Å²) in [6.45, 7) is 2.87. The summed E-state index contributed by atoms with van der Waals surface area (Å²) < 4.78 is 0. The zero-order valence-electron chi connectivity index (χ0n) is 12.5. The molecule has 2 N–H and O–H groups in total. The second-order valence-corrected chi connectivity index (χ2v) is 5.83. The Bertz CT molecular complexity index is 438. The minimum atomic E-state index is 0.240. The van der Waals surface area contributed by atoms with Gasteiger partial charge in [0, 0.05) is 24.3 Å². The van der Waals surface area contributed by atoms with Crippen LogP contribution < -0.4 is 10.6 Å². The van der Waals surface area contributed by atoms with E-state index < -0.39 is 0 Å². The number of anilines is 2. The summed E-state index contributed by atoms with van der Waals surface area (Å²) in [4.78, 5) is 14.4. The smallest absolute Gasteiger partial charge is 0.226 e. The van der Waals surface area contributed by atoms with E-state index in [4.69, 9.17) is 5.73 Å². The average molecular weight is 274 g/mol. The van der Waals surface area contributed by atoms with E-state index in [9.17, 15) is 4.79 Å². The van der Waals surface area contributed by atoms with Crippen molar-refractivity contribution < 1.29 is 4.79 Å². The topological polar surface area (TPSA) is 46.3 Å². The Balaban J connectivity index is 1.97.